The number of amides is 3. The Kier molecular flexibility index (Phi) is 3.95. The fraction of sp³-hybridized carbons (Fsp3) is 0.333. The van der Waals surface area contributed by atoms with Crippen LogP contribution in [-0.2, 0) is 23.1 Å². The molecule has 1 aromatic heterocycles. The van der Waals surface area contributed by atoms with Gasteiger partial charge in [-0.1, -0.05) is 6.07 Å². The average molecular weight is 353 g/mol. The Balaban J connectivity index is 1.50. The molecule has 0 spiro atoms. The highest BCUT2D eigenvalue weighted by atomic mass is 16.2. The lowest BCUT2D eigenvalue weighted by Gasteiger charge is -2.21. The van der Waals surface area contributed by atoms with Gasteiger partial charge in [0.1, 0.15) is 0 Å². The van der Waals surface area contributed by atoms with Gasteiger partial charge in [0.15, 0.2) is 0 Å². The number of fused-ring (bicyclic) bond motifs is 1. The van der Waals surface area contributed by atoms with Crippen LogP contribution in [0.25, 0.3) is 0 Å². The lowest BCUT2D eigenvalue weighted by atomic mass is 9.98. The van der Waals surface area contributed by atoms with Gasteiger partial charge in [0.25, 0.3) is 5.91 Å². The van der Waals surface area contributed by atoms with Gasteiger partial charge < -0.3 is 15.5 Å². The minimum atomic E-state index is -0.434. The highest BCUT2D eigenvalue weighted by Gasteiger charge is 2.36. The minimum absolute atomic E-state index is 0.0902. The number of rotatable bonds is 3. The Morgan fingerprint density at radius 3 is 2.96 bits per heavy atom. The van der Waals surface area contributed by atoms with E-state index in [1.54, 1.807) is 47.2 Å². The number of carbonyl (C=O) groups excluding carboxylic acids is 3. The van der Waals surface area contributed by atoms with Gasteiger partial charge in [0, 0.05) is 44.0 Å². The standard InChI is InChI=1S/C18H19N5O3/c1-22-10-12(8-20-22)23-9-11(7-16(23)24)17(25)21-15-4-2-3-14-13(15)5-6-19-18(14)26/h2-4,8,10-11H,5-7,9H2,1H3,(H,19,26)(H,21,25). The first-order valence-corrected chi connectivity index (χ1v) is 8.53. The van der Waals surface area contributed by atoms with Crippen molar-refractivity contribution in [2.45, 2.75) is 12.8 Å². The quantitative estimate of drug-likeness (QED) is 0.849. The molecule has 2 aromatic rings. The van der Waals surface area contributed by atoms with Crippen LogP contribution in [0.3, 0.4) is 0 Å². The summed E-state index contributed by atoms with van der Waals surface area (Å²) in [6, 6.07) is 5.30. The Morgan fingerprint density at radius 1 is 1.35 bits per heavy atom. The van der Waals surface area contributed by atoms with E-state index in [2.05, 4.69) is 15.7 Å². The third kappa shape index (κ3) is 2.83. The van der Waals surface area contributed by atoms with Crippen LogP contribution < -0.4 is 15.5 Å². The number of nitrogens with zero attached hydrogens (tertiary/aromatic N) is 3. The van der Waals surface area contributed by atoms with Crippen molar-refractivity contribution in [1.82, 2.24) is 15.1 Å². The molecule has 1 aromatic carbocycles. The molecule has 3 heterocycles. The van der Waals surface area contributed by atoms with Gasteiger partial charge in [-0.25, -0.2) is 0 Å². The molecule has 26 heavy (non-hydrogen) atoms. The summed E-state index contributed by atoms with van der Waals surface area (Å²) < 4.78 is 1.62. The number of carbonyl (C=O) groups is 3. The van der Waals surface area contributed by atoms with E-state index in [1.807, 2.05) is 0 Å². The lowest BCUT2D eigenvalue weighted by molar-refractivity contribution is -0.122. The summed E-state index contributed by atoms with van der Waals surface area (Å²) >= 11 is 0. The van der Waals surface area contributed by atoms with Gasteiger partial charge in [0.2, 0.25) is 11.8 Å². The Labute approximate surface area is 150 Å². The van der Waals surface area contributed by atoms with E-state index in [0.717, 1.165) is 5.56 Å². The molecule has 1 fully saturated rings. The number of hydrogen-bond acceptors (Lipinski definition) is 4. The molecule has 0 saturated carbocycles. The molecule has 4 rings (SSSR count). The van der Waals surface area contributed by atoms with Crippen LogP contribution in [0.2, 0.25) is 0 Å². The second kappa shape index (κ2) is 6.29. The number of aromatic nitrogens is 2. The van der Waals surface area contributed by atoms with E-state index in [1.165, 1.54) is 0 Å². The van der Waals surface area contributed by atoms with Gasteiger partial charge in [0.05, 0.1) is 17.8 Å². The van der Waals surface area contributed by atoms with Crippen LogP contribution >= 0.6 is 0 Å². The van der Waals surface area contributed by atoms with Crippen molar-refractivity contribution in [1.29, 1.82) is 0 Å². The normalized spacial score (nSPS) is 19.3. The molecule has 134 valence electrons. The van der Waals surface area contributed by atoms with Gasteiger partial charge in [-0.05, 0) is 24.1 Å². The van der Waals surface area contributed by atoms with Gasteiger partial charge in [-0.15, -0.1) is 0 Å². The number of anilines is 2. The van der Waals surface area contributed by atoms with E-state index in [-0.39, 0.29) is 24.1 Å². The maximum Gasteiger partial charge on any atom is 0.251 e. The summed E-state index contributed by atoms with van der Waals surface area (Å²) in [5.74, 6) is -0.853. The largest absolute Gasteiger partial charge is 0.352 e. The Bertz CT molecular complexity index is 904. The fourth-order valence-corrected chi connectivity index (χ4v) is 3.50. The molecular weight excluding hydrogens is 334 g/mol. The van der Waals surface area contributed by atoms with E-state index in [9.17, 15) is 14.4 Å². The molecule has 0 aliphatic carbocycles. The molecule has 0 radical (unpaired) electrons. The monoisotopic (exact) mass is 353 g/mol. The second-order valence-electron chi connectivity index (χ2n) is 6.60. The summed E-state index contributed by atoms with van der Waals surface area (Å²) in [5, 5.41) is 9.78. The zero-order valence-electron chi connectivity index (χ0n) is 14.4. The molecule has 1 atom stereocenters. The third-order valence-electron chi connectivity index (χ3n) is 4.84. The van der Waals surface area contributed by atoms with Crippen molar-refractivity contribution in [2.75, 3.05) is 23.3 Å². The summed E-state index contributed by atoms with van der Waals surface area (Å²) in [6.07, 6.45) is 4.20. The average Bonchev–Trinajstić information content (AvgIpc) is 3.21. The molecule has 1 saturated heterocycles. The molecule has 2 aliphatic heterocycles. The van der Waals surface area contributed by atoms with Crippen LogP contribution in [0.15, 0.2) is 30.6 Å². The number of benzene rings is 1. The summed E-state index contributed by atoms with van der Waals surface area (Å²) in [7, 11) is 1.78. The van der Waals surface area contributed by atoms with Crippen molar-refractivity contribution in [3.8, 4) is 0 Å². The molecule has 8 heteroatoms. The summed E-state index contributed by atoms with van der Waals surface area (Å²) in [5.41, 5.74) is 2.78. The number of hydrogen-bond donors (Lipinski definition) is 2. The molecule has 2 N–H and O–H groups in total. The maximum absolute atomic E-state index is 12.7. The minimum Gasteiger partial charge on any atom is -0.352 e. The highest BCUT2D eigenvalue weighted by molar-refractivity contribution is 6.05. The van der Waals surface area contributed by atoms with Gasteiger partial charge in [-0.2, -0.15) is 5.10 Å². The molecule has 8 nitrogen and oxygen atoms in total. The smallest absolute Gasteiger partial charge is 0.251 e. The first-order valence-electron chi connectivity index (χ1n) is 8.53. The van der Waals surface area contributed by atoms with Crippen LogP contribution in [0, 0.1) is 5.92 Å². The van der Waals surface area contributed by atoms with E-state index >= 15 is 0 Å². The zero-order chi connectivity index (χ0) is 18.3. The predicted molar refractivity (Wildman–Crippen MR) is 94.8 cm³/mol. The van der Waals surface area contributed by atoms with Gasteiger partial charge in [-0.3, -0.25) is 19.1 Å². The SMILES string of the molecule is Cn1cc(N2CC(C(=O)Nc3cccc4c3CCNC4=O)CC2=O)cn1. The lowest BCUT2D eigenvalue weighted by Crippen LogP contribution is -2.33. The van der Waals surface area contributed by atoms with Crippen molar-refractivity contribution in [3.05, 3.63) is 41.7 Å². The van der Waals surface area contributed by atoms with Gasteiger partial charge >= 0.3 is 0 Å². The highest BCUT2D eigenvalue weighted by Crippen LogP contribution is 2.27. The van der Waals surface area contributed by atoms with E-state index in [4.69, 9.17) is 0 Å². The number of aryl methyl sites for hydroxylation is 1. The first kappa shape index (κ1) is 16.3. The molecular formula is C18H19N5O3. The summed E-state index contributed by atoms with van der Waals surface area (Å²) in [4.78, 5) is 38.5. The Hall–Kier alpha value is -3.16. The third-order valence-corrected chi connectivity index (χ3v) is 4.84. The van der Waals surface area contributed by atoms with Crippen LogP contribution in [0.1, 0.15) is 22.3 Å². The van der Waals surface area contributed by atoms with Crippen LogP contribution in [-0.4, -0.2) is 40.6 Å². The maximum atomic E-state index is 12.7. The number of nitrogens with one attached hydrogen (secondary N) is 2. The van der Waals surface area contributed by atoms with Crippen LogP contribution in [0.5, 0.6) is 0 Å². The van der Waals surface area contributed by atoms with E-state index in [0.29, 0.717) is 36.4 Å². The summed E-state index contributed by atoms with van der Waals surface area (Å²) in [6.45, 7) is 0.876. The Morgan fingerprint density at radius 2 is 2.19 bits per heavy atom. The fourth-order valence-electron chi connectivity index (χ4n) is 3.50. The van der Waals surface area contributed by atoms with Crippen molar-refractivity contribution >= 4 is 29.1 Å². The molecule has 3 amide bonds. The van der Waals surface area contributed by atoms with Crippen molar-refractivity contribution in [2.24, 2.45) is 13.0 Å². The van der Waals surface area contributed by atoms with Crippen molar-refractivity contribution in [3.63, 3.8) is 0 Å². The molecule has 0 bridgehead atoms. The van der Waals surface area contributed by atoms with E-state index < -0.39 is 5.92 Å². The zero-order valence-corrected chi connectivity index (χ0v) is 14.4. The van der Waals surface area contributed by atoms with Crippen LogP contribution in [0.4, 0.5) is 11.4 Å². The molecule has 2 aliphatic rings. The topological polar surface area (TPSA) is 96.3 Å². The van der Waals surface area contributed by atoms with Crippen molar-refractivity contribution < 1.29 is 14.4 Å². The first-order chi connectivity index (χ1) is 12.5. The molecule has 1 unspecified atom stereocenters. The second-order valence-corrected chi connectivity index (χ2v) is 6.60. The predicted octanol–water partition coefficient (Wildman–Crippen LogP) is 0.698.